The predicted octanol–water partition coefficient (Wildman–Crippen LogP) is 1.16. The summed E-state index contributed by atoms with van der Waals surface area (Å²) in [6, 6.07) is 1.62. The maximum absolute atomic E-state index is 5.49. The summed E-state index contributed by atoms with van der Waals surface area (Å²) in [5.41, 5.74) is 7.90. The van der Waals surface area contributed by atoms with Crippen molar-refractivity contribution >= 4 is 11.8 Å². The summed E-state index contributed by atoms with van der Waals surface area (Å²) in [5.74, 6) is 6.96. The van der Waals surface area contributed by atoms with Crippen LogP contribution in [0.25, 0.3) is 0 Å². The van der Waals surface area contributed by atoms with Gasteiger partial charge >= 0.3 is 0 Å². The zero-order chi connectivity index (χ0) is 12.0. The van der Waals surface area contributed by atoms with Gasteiger partial charge < -0.3 is 15.9 Å². The van der Waals surface area contributed by atoms with Gasteiger partial charge in [0.2, 0.25) is 11.8 Å². The van der Waals surface area contributed by atoms with Gasteiger partial charge in [-0.2, -0.15) is 9.97 Å². The lowest BCUT2D eigenvalue weighted by atomic mass is 10.1. The molecule has 6 nitrogen and oxygen atoms in total. The third kappa shape index (κ3) is 4.31. The van der Waals surface area contributed by atoms with Crippen LogP contribution in [0.5, 0.6) is 5.88 Å². The SMILES string of the molecule is CC(C)CCCOc1cc(NN)nc(N)n1. The number of nitrogens with two attached hydrogens (primary N) is 2. The maximum atomic E-state index is 5.49. The lowest BCUT2D eigenvalue weighted by Crippen LogP contribution is -2.11. The second-order valence-electron chi connectivity index (χ2n) is 3.98. The van der Waals surface area contributed by atoms with Crippen LogP contribution in [0.3, 0.4) is 0 Å². The van der Waals surface area contributed by atoms with Gasteiger partial charge in [0.15, 0.2) is 0 Å². The molecular weight excluding hydrogens is 206 g/mol. The summed E-state index contributed by atoms with van der Waals surface area (Å²) in [5, 5.41) is 0. The number of nitrogens with zero attached hydrogens (tertiary/aromatic N) is 2. The van der Waals surface area contributed by atoms with E-state index >= 15 is 0 Å². The molecular formula is C10H19N5O. The van der Waals surface area contributed by atoms with E-state index in [-0.39, 0.29) is 5.95 Å². The van der Waals surface area contributed by atoms with Crippen molar-refractivity contribution in [3.05, 3.63) is 6.07 Å². The molecule has 0 aromatic carbocycles. The molecule has 6 heteroatoms. The lowest BCUT2D eigenvalue weighted by Gasteiger charge is -2.08. The maximum Gasteiger partial charge on any atom is 0.225 e. The first kappa shape index (κ1) is 12.5. The van der Waals surface area contributed by atoms with E-state index < -0.39 is 0 Å². The highest BCUT2D eigenvalue weighted by Crippen LogP contribution is 2.14. The molecule has 0 atom stereocenters. The zero-order valence-electron chi connectivity index (χ0n) is 9.73. The molecule has 0 saturated heterocycles. The number of nitrogens with one attached hydrogen (secondary N) is 1. The number of hydrazine groups is 1. The Morgan fingerprint density at radius 2 is 2.19 bits per heavy atom. The van der Waals surface area contributed by atoms with Crippen LogP contribution in [0.1, 0.15) is 26.7 Å². The second-order valence-corrected chi connectivity index (χ2v) is 3.98. The number of ether oxygens (including phenoxy) is 1. The molecule has 1 heterocycles. The van der Waals surface area contributed by atoms with Crippen molar-refractivity contribution in [3.8, 4) is 5.88 Å². The van der Waals surface area contributed by atoms with Gasteiger partial charge in [-0.1, -0.05) is 13.8 Å². The Bertz CT molecular complexity index is 329. The summed E-state index contributed by atoms with van der Waals surface area (Å²) in [6.45, 7) is 4.98. The number of aromatic nitrogens is 2. The van der Waals surface area contributed by atoms with Crippen LogP contribution in [0.15, 0.2) is 6.07 Å². The Morgan fingerprint density at radius 1 is 1.44 bits per heavy atom. The van der Waals surface area contributed by atoms with Gasteiger partial charge in [-0.15, -0.1) is 0 Å². The topological polar surface area (TPSA) is 99.1 Å². The summed E-state index contributed by atoms with van der Waals surface area (Å²) in [7, 11) is 0. The van der Waals surface area contributed by atoms with E-state index in [1.807, 2.05) is 0 Å². The van der Waals surface area contributed by atoms with Crippen molar-refractivity contribution in [2.24, 2.45) is 11.8 Å². The molecule has 0 fully saturated rings. The molecule has 0 unspecified atom stereocenters. The number of hydrogen-bond donors (Lipinski definition) is 3. The van der Waals surface area contributed by atoms with Crippen LogP contribution in [0.2, 0.25) is 0 Å². The van der Waals surface area contributed by atoms with E-state index in [9.17, 15) is 0 Å². The Hall–Kier alpha value is -1.56. The van der Waals surface area contributed by atoms with Crippen LogP contribution in [-0.4, -0.2) is 16.6 Å². The van der Waals surface area contributed by atoms with Crippen LogP contribution in [-0.2, 0) is 0 Å². The molecule has 0 radical (unpaired) electrons. The van der Waals surface area contributed by atoms with Crippen molar-refractivity contribution < 1.29 is 4.74 Å². The van der Waals surface area contributed by atoms with Gasteiger partial charge in [-0.05, 0) is 18.8 Å². The molecule has 0 spiro atoms. The molecule has 90 valence electrons. The molecule has 1 rings (SSSR count). The number of hydrogen-bond acceptors (Lipinski definition) is 6. The van der Waals surface area contributed by atoms with E-state index in [0.29, 0.717) is 24.2 Å². The average molecular weight is 225 g/mol. The summed E-state index contributed by atoms with van der Waals surface area (Å²) < 4.78 is 5.45. The number of rotatable bonds is 6. The minimum atomic E-state index is 0.148. The fraction of sp³-hybridized carbons (Fsp3) is 0.600. The second kappa shape index (κ2) is 6.12. The average Bonchev–Trinajstić information content (AvgIpc) is 2.23. The highest BCUT2D eigenvalue weighted by molar-refractivity contribution is 5.41. The van der Waals surface area contributed by atoms with E-state index in [0.717, 1.165) is 12.8 Å². The first-order chi connectivity index (χ1) is 7.61. The molecule has 5 N–H and O–H groups in total. The Balaban J connectivity index is 2.44. The van der Waals surface area contributed by atoms with Crippen LogP contribution < -0.4 is 21.7 Å². The van der Waals surface area contributed by atoms with Crippen LogP contribution in [0, 0.1) is 5.92 Å². The van der Waals surface area contributed by atoms with Crippen molar-refractivity contribution in [2.75, 3.05) is 17.8 Å². The lowest BCUT2D eigenvalue weighted by molar-refractivity contribution is 0.287. The highest BCUT2D eigenvalue weighted by atomic mass is 16.5. The third-order valence-corrected chi connectivity index (χ3v) is 2.04. The quantitative estimate of drug-likeness (QED) is 0.381. The molecule has 1 aromatic rings. The molecule has 16 heavy (non-hydrogen) atoms. The molecule has 1 aromatic heterocycles. The number of nitrogen functional groups attached to an aromatic ring is 2. The highest BCUT2D eigenvalue weighted by Gasteiger charge is 2.02. The largest absolute Gasteiger partial charge is 0.477 e. The van der Waals surface area contributed by atoms with Gasteiger partial charge in [0.1, 0.15) is 5.82 Å². The minimum absolute atomic E-state index is 0.148. The van der Waals surface area contributed by atoms with E-state index in [1.165, 1.54) is 0 Å². The fourth-order valence-electron chi connectivity index (χ4n) is 1.26. The van der Waals surface area contributed by atoms with E-state index in [4.69, 9.17) is 16.3 Å². The Morgan fingerprint density at radius 3 is 2.81 bits per heavy atom. The van der Waals surface area contributed by atoms with Gasteiger partial charge in [-0.3, -0.25) is 0 Å². The van der Waals surface area contributed by atoms with Crippen molar-refractivity contribution in [2.45, 2.75) is 26.7 Å². The van der Waals surface area contributed by atoms with Gasteiger partial charge in [0, 0.05) is 6.07 Å². The van der Waals surface area contributed by atoms with E-state index in [2.05, 4.69) is 29.2 Å². The molecule has 0 aliphatic heterocycles. The summed E-state index contributed by atoms with van der Waals surface area (Å²) in [6.07, 6.45) is 2.12. The molecule has 0 aliphatic carbocycles. The molecule has 0 bridgehead atoms. The molecule has 0 saturated carbocycles. The summed E-state index contributed by atoms with van der Waals surface area (Å²) >= 11 is 0. The first-order valence-electron chi connectivity index (χ1n) is 5.35. The van der Waals surface area contributed by atoms with Gasteiger partial charge in [-0.25, -0.2) is 5.84 Å². The van der Waals surface area contributed by atoms with E-state index in [1.54, 1.807) is 6.07 Å². The Labute approximate surface area is 95.4 Å². The fourth-order valence-corrected chi connectivity index (χ4v) is 1.26. The van der Waals surface area contributed by atoms with Crippen molar-refractivity contribution in [1.82, 2.24) is 9.97 Å². The summed E-state index contributed by atoms with van der Waals surface area (Å²) in [4.78, 5) is 7.81. The monoisotopic (exact) mass is 225 g/mol. The molecule has 0 amide bonds. The standard InChI is InChI=1S/C10H19N5O/c1-7(2)4-3-5-16-9-6-8(15-12)13-10(11)14-9/h6-7H,3-5,12H2,1-2H3,(H3,11,13,14,15). The van der Waals surface area contributed by atoms with Crippen LogP contribution >= 0.6 is 0 Å². The van der Waals surface area contributed by atoms with Gasteiger partial charge in [0.05, 0.1) is 6.61 Å². The Kier molecular flexibility index (Phi) is 4.78. The van der Waals surface area contributed by atoms with Crippen molar-refractivity contribution in [3.63, 3.8) is 0 Å². The minimum Gasteiger partial charge on any atom is -0.477 e. The smallest absolute Gasteiger partial charge is 0.225 e. The normalized spacial score (nSPS) is 10.5. The number of anilines is 2. The zero-order valence-corrected chi connectivity index (χ0v) is 9.73. The first-order valence-corrected chi connectivity index (χ1v) is 5.35. The molecule has 0 aliphatic rings. The predicted molar refractivity (Wildman–Crippen MR) is 63.8 cm³/mol. The van der Waals surface area contributed by atoms with Gasteiger partial charge in [0.25, 0.3) is 0 Å². The van der Waals surface area contributed by atoms with Crippen molar-refractivity contribution in [1.29, 1.82) is 0 Å². The third-order valence-electron chi connectivity index (χ3n) is 2.04. The van der Waals surface area contributed by atoms with Crippen LogP contribution in [0.4, 0.5) is 11.8 Å².